The maximum Gasteiger partial charge on any atom is 0.250 e. The number of hydrogen-bond donors (Lipinski definition) is 3. The Kier molecular flexibility index (Phi) is 8.32. The van der Waals surface area contributed by atoms with Crippen molar-refractivity contribution in [2.45, 2.75) is 45.5 Å². The van der Waals surface area contributed by atoms with E-state index in [1.165, 1.54) is 0 Å². The van der Waals surface area contributed by atoms with Gasteiger partial charge in [-0.2, -0.15) is 0 Å². The summed E-state index contributed by atoms with van der Waals surface area (Å²) in [6.07, 6.45) is 3.34. The number of carbonyl (C=O) groups excluding carboxylic acids is 2. The molecule has 1 aromatic carbocycles. The van der Waals surface area contributed by atoms with Gasteiger partial charge < -0.3 is 25.3 Å². The van der Waals surface area contributed by atoms with Crippen molar-refractivity contribution in [2.75, 3.05) is 19.0 Å². The van der Waals surface area contributed by atoms with Crippen LogP contribution in [0.1, 0.15) is 26.3 Å². The minimum Gasteiger partial charge on any atom is -0.374 e. The maximum absolute atomic E-state index is 12.8. The molecule has 30 heavy (non-hydrogen) atoms. The number of ether oxygens (including phenoxy) is 1. The Morgan fingerprint density at radius 2 is 1.97 bits per heavy atom. The minimum absolute atomic E-state index is 0.0265. The number of likely N-dealkylation sites (N-methyl/N-ethyl adjacent to an activating group) is 1. The fraction of sp³-hybridized carbons (Fsp3) is 0.409. The van der Waals surface area contributed by atoms with Crippen LogP contribution >= 0.6 is 0 Å². The Balaban J connectivity index is 2.04. The topological polar surface area (TPSA) is 97.3 Å². The molecule has 8 heteroatoms. The van der Waals surface area contributed by atoms with Crippen LogP contribution in [0.25, 0.3) is 0 Å². The normalized spacial score (nSPS) is 12.3. The Hall–Kier alpha value is -2.97. The van der Waals surface area contributed by atoms with Crippen molar-refractivity contribution in [3.63, 3.8) is 0 Å². The minimum atomic E-state index is -0.875. The fourth-order valence-electron chi connectivity index (χ4n) is 2.54. The lowest BCUT2D eigenvalue weighted by molar-refractivity contribution is -0.131. The molecule has 0 aliphatic heterocycles. The molecule has 0 aliphatic rings. The first-order valence-electron chi connectivity index (χ1n) is 9.80. The van der Waals surface area contributed by atoms with Crippen LogP contribution in [-0.4, -0.2) is 46.6 Å². The van der Waals surface area contributed by atoms with Crippen LogP contribution in [-0.2, 0) is 27.5 Å². The predicted molar refractivity (Wildman–Crippen MR) is 117 cm³/mol. The number of imidazole rings is 1. The van der Waals surface area contributed by atoms with E-state index in [-0.39, 0.29) is 12.5 Å². The number of nitrogens with zero attached hydrogens (tertiary/aromatic N) is 2. The molecule has 0 bridgehead atoms. The Labute approximate surface area is 177 Å². The van der Waals surface area contributed by atoms with Crippen LogP contribution in [0.15, 0.2) is 55.0 Å². The number of anilines is 1. The van der Waals surface area contributed by atoms with Gasteiger partial charge in [-0.25, -0.2) is 4.98 Å². The Morgan fingerprint density at radius 1 is 1.27 bits per heavy atom. The van der Waals surface area contributed by atoms with Crippen LogP contribution in [0.5, 0.6) is 0 Å². The van der Waals surface area contributed by atoms with Crippen molar-refractivity contribution in [1.29, 1.82) is 0 Å². The standard InChI is InChI=1S/C22H31N5O3/c1-16(2)11-27-12-19(24-15-27)26-20(28)18(25-21(29)22(3,4)23-5)14-30-13-17-9-7-6-8-10-17/h6-10,12,15,18,23H,1,11,13-14H2,2-5H3,(H,25,29)(H,26,28)/t18-/m1/s1. The van der Waals surface area contributed by atoms with Gasteiger partial charge in [0.15, 0.2) is 5.82 Å². The number of hydrogen-bond acceptors (Lipinski definition) is 5. The van der Waals surface area contributed by atoms with Gasteiger partial charge in [0.2, 0.25) is 5.91 Å². The van der Waals surface area contributed by atoms with E-state index in [9.17, 15) is 9.59 Å². The molecule has 0 saturated heterocycles. The summed E-state index contributed by atoms with van der Waals surface area (Å²) in [5, 5.41) is 8.44. The summed E-state index contributed by atoms with van der Waals surface area (Å²) in [5.74, 6) is -0.304. The lowest BCUT2D eigenvalue weighted by Crippen LogP contribution is -2.57. The van der Waals surface area contributed by atoms with Gasteiger partial charge in [0.1, 0.15) is 6.04 Å². The quantitative estimate of drug-likeness (QED) is 0.490. The second-order valence-corrected chi connectivity index (χ2v) is 7.78. The van der Waals surface area contributed by atoms with Crippen molar-refractivity contribution >= 4 is 17.6 Å². The Bertz CT molecular complexity index is 861. The molecule has 3 N–H and O–H groups in total. The molecule has 8 nitrogen and oxygen atoms in total. The van der Waals surface area contributed by atoms with Crippen LogP contribution < -0.4 is 16.0 Å². The zero-order chi connectivity index (χ0) is 22.1. The second-order valence-electron chi connectivity index (χ2n) is 7.78. The van der Waals surface area contributed by atoms with Gasteiger partial charge in [-0.3, -0.25) is 9.59 Å². The number of rotatable bonds is 11. The molecule has 1 heterocycles. The number of carbonyl (C=O) groups is 2. The van der Waals surface area contributed by atoms with Crippen LogP contribution in [0.2, 0.25) is 0 Å². The van der Waals surface area contributed by atoms with Gasteiger partial charge in [0.25, 0.3) is 5.91 Å². The molecular formula is C22H31N5O3. The smallest absolute Gasteiger partial charge is 0.250 e. The summed E-state index contributed by atoms with van der Waals surface area (Å²) >= 11 is 0. The summed E-state index contributed by atoms with van der Waals surface area (Å²) in [6.45, 7) is 10.2. The highest BCUT2D eigenvalue weighted by atomic mass is 16.5. The maximum atomic E-state index is 12.8. The Morgan fingerprint density at radius 3 is 2.60 bits per heavy atom. The van der Waals surface area contributed by atoms with Gasteiger partial charge >= 0.3 is 0 Å². The molecule has 0 saturated carbocycles. The number of aromatic nitrogens is 2. The molecule has 0 unspecified atom stereocenters. The highest BCUT2D eigenvalue weighted by molar-refractivity contribution is 5.98. The van der Waals surface area contributed by atoms with E-state index < -0.39 is 17.5 Å². The number of allylic oxidation sites excluding steroid dienone is 1. The van der Waals surface area contributed by atoms with Crippen molar-refractivity contribution < 1.29 is 14.3 Å². The summed E-state index contributed by atoms with van der Waals surface area (Å²) in [6, 6.07) is 8.76. The van der Waals surface area contributed by atoms with E-state index in [4.69, 9.17) is 4.74 Å². The van der Waals surface area contributed by atoms with Gasteiger partial charge in [-0.1, -0.05) is 42.5 Å². The summed E-state index contributed by atoms with van der Waals surface area (Å²) in [5.41, 5.74) is 1.12. The van der Waals surface area contributed by atoms with Gasteiger partial charge in [-0.15, -0.1) is 0 Å². The molecule has 2 amide bonds. The molecule has 2 rings (SSSR count). The van der Waals surface area contributed by atoms with E-state index in [0.717, 1.165) is 11.1 Å². The average Bonchev–Trinajstić information content (AvgIpc) is 3.13. The molecule has 0 fully saturated rings. The molecule has 0 aliphatic carbocycles. The van der Waals surface area contributed by atoms with Crippen molar-refractivity contribution in [2.24, 2.45) is 0 Å². The van der Waals surface area contributed by atoms with Crippen LogP contribution in [0.3, 0.4) is 0 Å². The predicted octanol–water partition coefficient (Wildman–Crippen LogP) is 2.10. The lowest BCUT2D eigenvalue weighted by atomic mass is 10.0. The summed E-state index contributed by atoms with van der Waals surface area (Å²) in [7, 11) is 1.69. The lowest BCUT2D eigenvalue weighted by Gasteiger charge is -2.26. The van der Waals surface area contributed by atoms with Crippen molar-refractivity contribution in [3.8, 4) is 0 Å². The molecular weight excluding hydrogens is 382 g/mol. The first-order chi connectivity index (χ1) is 14.2. The number of benzene rings is 1. The second kappa shape index (κ2) is 10.7. The zero-order valence-corrected chi connectivity index (χ0v) is 18.1. The first-order valence-corrected chi connectivity index (χ1v) is 9.80. The number of nitrogens with one attached hydrogen (secondary N) is 3. The largest absolute Gasteiger partial charge is 0.374 e. The molecule has 1 atom stereocenters. The van der Waals surface area contributed by atoms with E-state index in [2.05, 4.69) is 27.5 Å². The summed E-state index contributed by atoms with van der Waals surface area (Å²) < 4.78 is 7.53. The van der Waals surface area contributed by atoms with Crippen LogP contribution in [0, 0.1) is 0 Å². The highest BCUT2D eigenvalue weighted by Gasteiger charge is 2.30. The molecule has 0 radical (unpaired) electrons. The van der Waals surface area contributed by atoms with E-state index in [1.807, 2.05) is 41.8 Å². The fourth-order valence-corrected chi connectivity index (χ4v) is 2.54. The average molecular weight is 414 g/mol. The first kappa shape index (κ1) is 23.3. The van der Waals surface area contributed by atoms with Crippen LogP contribution in [0.4, 0.5) is 5.82 Å². The third kappa shape index (κ3) is 7.13. The highest BCUT2D eigenvalue weighted by Crippen LogP contribution is 2.08. The number of amides is 2. The SMILES string of the molecule is C=C(C)Cn1cnc(NC(=O)[C@@H](COCc2ccccc2)NC(=O)C(C)(C)NC)c1. The van der Waals surface area contributed by atoms with E-state index in [0.29, 0.717) is 19.0 Å². The van der Waals surface area contributed by atoms with Gasteiger partial charge in [0, 0.05) is 12.7 Å². The molecule has 0 spiro atoms. The summed E-state index contributed by atoms with van der Waals surface area (Å²) in [4.78, 5) is 29.6. The van der Waals surface area contributed by atoms with Crippen molar-refractivity contribution in [3.05, 3.63) is 60.6 Å². The third-order valence-corrected chi connectivity index (χ3v) is 4.55. The third-order valence-electron chi connectivity index (χ3n) is 4.55. The monoisotopic (exact) mass is 413 g/mol. The van der Waals surface area contributed by atoms with E-state index in [1.54, 1.807) is 33.4 Å². The van der Waals surface area contributed by atoms with Gasteiger partial charge in [0.05, 0.1) is 25.1 Å². The van der Waals surface area contributed by atoms with Crippen molar-refractivity contribution in [1.82, 2.24) is 20.2 Å². The zero-order valence-electron chi connectivity index (χ0n) is 18.1. The van der Waals surface area contributed by atoms with Gasteiger partial charge in [-0.05, 0) is 33.4 Å². The molecule has 2 aromatic rings. The van der Waals surface area contributed by atoms with E-state index >= 15 is 0 Å². The molecule has 1 aromatic heterocycles. The molecule has 162 valence electrons.